The first kappa shape index (κ1) is 20.2. The van der Waals surface area contributed by atoms with Crippen molar-refractivity contribution in [2.45, 2.75) is 20.1 Å². The van der Waals surface area contributed by atoms with Crippen molar-refractivity contribution in [3.63, 3.8) is 0 Å². The molecular weight excluding hydrogens is 337 g/mol. The van der Waals surface area contributed by atoms with Crippen molar-refractivity contribution in [2.24, 2.45) is 0 Å². The fourth-order valence-corrected chi connectivity index (χ4v) is 2.43. The van der Waals surface area contributed by atoms with Gasteiger partial charge in [-0.2, -0.15) is 0 Å². The van der Waals surface area contributed by atoms with Crippen LogP contribution in [0.25, 0.3) is 0 Å². The smallest absolute Gasteiger partial charge is 0.166 e. The summed E-state index contributed by atoms with van der Waals surface area (Å²) >= 11 is 0. The molecule has 0 aromatic heterocycles. The largest absolute Gasteiger partial charge is 0.490 e. The Morgan fingerprint density at radius 3 is 2.58 bits per heavy atom. The first-order valence-corrected chi connectivity index (χ1v) is 8.76. The number of halogens is 1. The maximum absolute atomic E-state index is 13.8. The predicted molar refractivity (Wildman–Crippen MR) is 98.0 cm³/mol. The van der Waals surface area contributed by atoms with Crippen LogP contribution >= 0.6 is 0 Å². The van der Waals surface area contributed by atoms with E-state index in [2.05, 4.69) is 5.32 Å². The lowest BCUT2D eigenvalue weighted by molar-refractivity contribution is 0.0937. The van der Waals surface area contributed by atoms with Crippen LogP contribution in [0.5, 0.6) is 11.5 Å². The van der Waals surface area contributed by atoms with E-state index in [-0.39, 0.29) is 19.0 Å². The molecule has 142 valence electrons. The first-order valence-electron chi connectivity index (χ1n) is 8.76. The van der Waals surface area contributed by atoms with E-state index in [9.17, 15) is 4.39 Å². The number of hydrogen-bond donors (Lipinski definition) is 2. The molecule has 0 amide bonds. The number of aliphatic hydroxyl groups is 1. The summed E-state index contributed by atoms with van der Waals surface area (Å²) in [4.78, 5) is 0. The lowest BCUT2D eigenvalue weighted by Crippen LogP contribution is -2.20. The maximum atomic E-state index is 13.8. The van der Waals surface area contributed by atoms with Crippen molar-refractivity contribution in [1.82, 2.24) is 5.32 Å². The molecule has 0 atom stereocenters. The molecule has 0 unspecified atom stereocenters. The van der Waals surface area contributed by atoms with Gasteiger partial charge in [-0.25, -0.2) is 4.39 Å². The fraction of sp³-hybridized carbons (Fsp3) is 0.400. The minimum absolute atomic E-state index is 0.0183. The average Bonchev–Trinajstić information content (AvgIpc) is 2.65. The minimum Gasteiger partial charge on any atom is -0.490 e. The number of para-hydroxylation sites is 1. The summed E-state index contributed by atoms with van der Waals surface area (Å²) in [5.74, 6) is 0.961. The highest BCUT2D eigenvalue weighted by molar-refractivity contribution is 5.46. The third-order valence-electron chi connectivity index (χ3n) is 3.66. The van der Waals surface area contributed by atoms with Gasteiger partial charge in [-0.05, 0) is 19.1 Å². The van der Waals surface area contributed by atoms with E-state index in [0.29, 0.717) is 50.0 Å². The van der Waals surface area contributed by atoms with Crippen LogP contribution < -0.4 is 14.8 Å². The number of rotatable bonds is 12. The number of ether oxygens (including phenoxy) is 3. The van der Waals surface area contributed by atoms with E-state index >= 15 is 0 Å². The summed E-state index contributed by atoms with van der Waals surface area (Å²) < 4.78 is 30.6. The van der Waals surface area contributed by atoms with Gasteiger partial charge in [0.05, 0.1) is 26.4 Å². The van der Waals surface area contributed by atoms with E-state index in [4.69, 9.17) is 19.3 Å². The normalized spacial score (nSPS) is 10.7. The van der Waals surface area contributed by atoms with Crippen LogP contribution in [0.2, 0.25) is 0 Å². The third kappa shape index (κ3) is 6.29. The van der Waals surface area contributed by atoms with E-state index < -0.39 is 0 Å². The van der Waals surface area contributed by atoms with Gasteiger partial charge in [0, 0.05) is 24.2 Å². The molecule has 0 aliphatic carbocycles. The zero-order valence-corrected chi connectivity index (χ0v) is 15.0. The Balaban J connectivity index is 2.02. The Morgan fingerprint density at radius 2 is 1.81 bits per heavy atom. The standard InChI is InChI=1S/C20H26FNO4/c1-2-25-19-9-5-7-16(14-22-10-12-24-13-11-23)20(19)26-15-17-6-3-4-8-18(17)21/h3-9,22-23H,2,10-15H2,1H3. The van der Waals surface area contributed by atoms with Gasteiger partial charge in [0.25, 0.3) is 0 Å². The van der Waals surface area contributed by atoms with Gasteiger partial charge in [0.2, 0.25) is 0 Å². The molecule has 2 rings (SSSR count). The highest BCUT2D eigenvalue weighted by Crippen LogP contribution is 2.32. The molecule has 6 heteroatoms. The highest BCUT2D eigenvalue weighted by Gasteiger charge is 2.12. The zero-order chi connectivity index (χ0) is 18.6. The summed E-state index contributed by atoms with van der Waals surface area (Å²) in [7, 11) is 0. The molecule has 0 fully saturated rings. The van der Waals surface area contributed by atoms with Gasteiger partial charge in [-0.1, -0.05) is 30.3 Å². The van der Waals surface area contributed by atoms with Gasteiger partial charge >= 0.3 is 0 Å². The predicted octanol–water partition coefficient (Wildman–Crippen LogP) is 2.90. The van der Waals surface area contributed by atoms with Crippen molar-refractivity contribution in [3.8, 4) is 11.5 Å². The zero-order valence-electron chi connectivity index (χ0n) is 15.0. The Kier molecular flexibility index (Phi) is 8.89. The Bertz CT molecular complexity index is 666. The van der Waals surface area contributed by atoms with Gasteiger partial charge in [0.1, 0.15) is 12.4 Å². The number of nitrogens with one attached hydrogen (secondary N) is 1. The topological polar surface area (TPSA) is 60.0 Å². The monoisotopic (exact) mass is 363 g/mol. The van der Waals surface area contributed by atoms with Crippen molar-refractivity contribution < 1.29 is 23.7 Å². The lowest BCUT2D eigenvalue weighted by atomic mass is 10.1. The van der Waals surface area contributed by atoms with E-state index in [0.717, 1.165) is 5.56 Å². The van der Waals surface area contributed by atoms with Crippen LogP contribution in [0.3, 0.4) is 0 Å². The second kappa shape index (κ2) is 11.5. The molecule has 26 heavy (non-hydrogen) atoms. The van der Waals surface area contributed by atoms with Crippen LogP contribution in [-0.2, 0) is 17.9 Å². The molecule has 0 aliphatic heterocycles. The maximum Gasteiger partial charge on any atom is 0.166 e. The van der Waals surface area contributed by atoms with Crippen molar-refractivity contribution in [1.29, 1.82) is 0 Å². The molecule has 0 saturated carbocycles. The highest BCUT2D eigenvalue weighted by atomic mass is 19.1. The summed E-state index contributed by atoms with van der Waals surface area (Å²) in [6.07, 6.45) is 0. The van der Waals surface area contributed by atoms with Gasteiger partial charge in [-0.3, -0.25) is 0 Å². The summed E-state index contributed by atoms with van der Waals surface area (Å²) in [5.41, 5.74) is 1.42. The van der Waals surface area contributed by atoms with Crippen LogP contribution in [0, 0.1) is 5.82 Å². The molecule has 0 saturated heterocycles. The molecule has 5 nitrogen and oxygen atoms in total. The van der Waals surface area contributed by atoms with Crippen molar-refractivity contribution in [2.75, 3.05) is 33.0 Å². The second-order valence-electron chi connectivity index (χ2n) is 5.57. The first-order chi connectivity index (χ1) is 12.8. The number of hydrogen-bond acceptors (Lipinski definition) is 5. The molecule has 2 aromatic rings. The molecule has 0 radical (unpaired) electrons. The quantitative estimate of drug-likeness (QED) is 0.568. The Hall–Kier alpha value is -2.15. The summed E-state index contributed by atoms with van der Waals surface area (Å²) in [6, 6.07) is 12.2. The van der Waals surface area contributed by atoms with E-state index in [1.54, 1.807) is 18.2 Å². The fourth-order valence-electron chi connectivity index (χ4n) is 2.43. The van der Waals surface area contributed by atoms with Crippen LogP contribution in [0.15, 0.2) is 42.5 Å². The summed E-state index contributed by atoms with van der Waals surface area (Å²) in [5, 5.41) is 12.0. The van der Waals surface area contributed by atoms with Crippen LogP contribution in [-0.4, -0.2) is 38.1 Å². The van der Waals surface area contributed by atoms with Crippen LogP contribution in [0.4, 0.5) is 4.39 Å². The minimum atomic E-state index is -0.290. The third-order valence-corrected chi connectivity index (χ3v) is 3.66. The summed E-state index contributed by atoms with van der Waals surface area (Å²) in [6.45, 7) is 4.62. The average molecular weight is 363 g/mol. The van der Waals surface area contributed by atoms with Gasteiger partial charge in [0.15, 0.2) is 11.5 Å². The van der Waals surface area contributed by atoms with Crippen molar-refractivity contribution >= 4 is 0 Å². The lowest BCUT2D eigenvalue weighted by Gasteiger charge is -2.17. The van der Waals surface area contributed by atoms with E-state index in [1.807, 2.05) is 25.1 Å². The molecule has 0 heterocycles. The molecule has 2 N–H and O–H groups in total. The van der Waals surface area contributed by atoms with Crippen LogP contribution in [0.1, 0.15) is 18.1 Å². The molecule has 0 bridgehead atoms. The Labute approximate surface area is 153 Å². The van der Waals surface area contributed by atoms with Gasteiger partial charge in [-0.15, -0.1) is 0 Å². The van der Waals surface area contributed by atoms with E-state index in [1.165, 1.54) is 6.07 Å². The molecule has 0 aliphatic rings. The SMILES string of the molecule is CCOc1cccc(CNCCOCCO)c1OCc1ccccc1F. The Morgan fingerprint density at radius 1 is 1.00 bits per heavy atom. The number of benzene rings is 2. The molecule has 2 aromatic carbocycles. The second-order valence-corrected chi connectivity index (χ2v) is 5.57. The number of aliphatic hydroxyl groups excluding tert-OH is 1. The van der Waals surface area contributed by atoms with Crippen molar-refractivity contribution in [3.05, 3.63) is 59.4 Å². The molecule has 0 spiro atoms. The molecular formula is C20H26FNO4. The van der Waals surface area contributed by atoms with Gasteiger partial charge < -0.3 is 24.6 Å².